The number of esters is 1. The van der Waals surface area contributed by atoms with E-state index in [2.05, 4.69) is 15.9 Å². The number of rotatable bonds is 3. The van der Waals surface area contributed by atoms with E-state index < -0.39 is 5.97 Å². The Kier molecular flexibility index (Phi) is 5.46. The van der Waals surface area contributed by atoms with Crippen LogP contribution in [0.2, 0.25) is 10.0 Å². The molecule has 0 radical (unpaired) electrons. The first kappa shape index (κ1) is 19.7. The van der Waals surface area contributed by atoms with Gasteiger partial charge in [0, 0.05) is 26.1 Å². The minimum Gasteiger partial charge on any atom is -0.452 e. The number of hydrogen-bond donors (Lipinski definition) is 0. The van der Waals surface area contributed by atoms with Gasteiger partial charge in [-0.1, -0.05) is 45.2 Å². The molecule has 144 valence electrons. The number of allylic oxidation sites excluding steroid dienone is 1. The van der Waals surface area contributed by atoms with Crippen LogP contribution in [0.5, 0.6) is 11.5 Å². The number of Topliss-reactive ketones (excluding diaryl/α,β-unsaturated/α-hetero) is 1. The SMILES string of the molecule is O=C(Oc1ccc2c(c1)OC(=Cc1c(Cl)cccc1Cl)C2=O)c1ccc(Br)cc1. The molecule has 0 N–H and O–H groups in total. The van der Waals surface area contributed by atoms with Crippen molar-refractivity contribution in [3.8, 4) is 11.5 Å². The van der Waals surface area contributed by atoms with Crippen molar-refractivity contribution < 1.29 is 19.1 Å². The van der Waals surface area contributed by atoms with Gasteiger partial charge >= 0.3 is 5.97 Å². The zero-order valence-corrected chi connectivity index (χ0v) is 17.7. The average molecular weight is 490 g/mol. The highest BCUT2D eigenvalue weighted by Gasteiger charge is 2.28. The number of fused-ring (bicyclic) bond motifs is 1. The summed E-state index contributed by atoms with van der Waals surface area (Å²) in [6.07, 6.45) is 1.50. The molecule has 7 heteroatoms. The summed E-state index contributed by atoms with van der Waals surface area (Å²) in [6.45, 7) is 0. The highest BCUT2D eigenvalue weighted by Crippen LogP contribution is 2.36. The van der Waals surface area contributed by atoms with Crippen LogP contribution in [-0.2, 0) is 0 Å². The van der Waals surface area contributed by atoms with Crippen molar-refractivity contribution in [2.24, 2.45) is 0 Å². The van der Waals surface area contributed by atoms with Crippen LogP contribution in [0.25, 0.3) is 6.08 Å². The fourth-order valence-corrected chi connectivity index (χ4v) is 3.53. The van der Waals surface area contributed by atoms with E-state index >= 15 is 0 Å². The molecule has 1 heterocycles. The zero-order chi connectivity index (χ0) is 20.5. The smallest absolute Gasteiger partial charge is 0.343 e. The molecule has 1 aliphatic rings. The maximum absolute atomic E-state index is 12.6. The molecule has 3 aromatic rings. The molecule has 4 nitrogen and oxygen atoms in total. The van der Waals surface area contributed by atoms with Gasteiger partial charge < -0.3 is 9.47 Å². The Balaban J connectivity index is 1.58. The van der Waals surface area contributed by atoms with Crippen molar-refractivity contribution in [3.05, 3.63) is 97.6 Å². The van der Waals surface area contributed by atoms with Crippen molar-refractivity contribution >= 4 is 57.0 Å². The van der Waals surface area contributed by atoms with Crippen LogP contribution in [0.4, 0.5) is 0 Å². The molecule has 0 spiro atoms. The first-order valence-corrected chi connectivity index (χ1v) is 9.97. The summed E-state index contributed by atoms with van der Waals surface area (Å²) in [4.78, 5) is 24.9. The second-order valence-corrected chi connectivity index (χ2v) is 7.86. The van der Waals surface area contributed by atoms with Crippen molar-refractivity contribution in [1.82, 2.24) is 0 Å². The molecule has 0 saturated carbocycles. The molecule has 4 rings (SSSR count). The van der Waals surface area contributed by atoms with Crippen LogP contribution in [0.1, 0.15) is 26.3 Å². The summed E-state index contributed by atoms with van der Waals surface area (Å²) in [6, 6.07) is 16.4. The number of carbonyl (C=O) groups is 2. The molecule has 0 aromatic heterocycles. The third-order valence-electron chi connectivity index (χ3n) is 4.21. The average Bonchev–Trinajstić information content (AvgIpc) is 3.00. The van der Waals surface area contributed by atoms with Crippen LogP contribution in [-0.4, -0.2) is 11.8 Å². The number of halogens is 3. The van der Waals surface area contributed by atoms with E-state index in [-0.39, 0.29) is 17.3 Å². The Morgan fingerprint density at radius 3 is 2.38 bits per heavy atom. The quantitative estimate of drug-likeness (QED) is 0.236. The topological polar surface area (TPSA) is 52.6 Å². The van der Waals surface area contributed by atoms with Gasteiger partial charge in [-0.25, -0.2) is 4.79 Å². The highest BCUT2D eigenvalue weighted by molar-refractivity contribution is 9.10. The minimum absolute atomic E-state index is 0.0892. The molecular weight excluding hydrogens is 479 g/mol. The zero-order valence-electron chi connectivity index (χ0n) is 14.6. The van der Waals surface area contributed by atoms with Crippen LogP contribution in [0.3, 0.4) is 0 Å². The Hall–Kier alpha value is -2.60. The Morgan fingerprint density at radius 1 is 1.00 bits per heavy atom. The maximum Gasteiger partial charge on any atom is 0.343 e. The van der Waals surface area contributed by atoms with Crippen molar-refractivity contribution in [1.29, 1.82) is 0 Å². The number of ether oxygens (including phenoxy) is 2. The van der Waals surface area contributed by atoms with Gasteiger partial charge in [-0.3, -0.25) is 4.79 Å². The van der Waals surface area contributed by atoms with E-state index in [0.717, 1.165) is 4.47 Å². The molecule has 1 aliphatic heterocycles. The Labute approximate surface area is 184 Å². The third-order valence-corrected chi connectivity index (χ3v) is 5.39. The van der Waals surface area contributed by atoms with Gasteiger partial charge in [0.1, 0.15) is 11.5 Å². The van der Waals surface area contributed by atoms with Gasteiger partial charge in [0.25, 0.3) is 0 Å². The molecule has 0 unspecified atom stereocenters. The van der Waals surface area contributed by atoms with Crippen LogP contribution in [0.15, 0.2) is 70.9 Å². The van der Waals surface area contributed by atoms with Crippen molar-refractivity contribution in [2.45, 2.75) is 0 Å². The number of carbonyl (C=O) groups excluding carboxylic acids is 2. The van der Waals surface area contributed by atoms with E-state index in [9.17, 15) is 9.59 Å². The molecule has 3 aromatic carbocycles. The van der Waals surface area contributed by atoms with E-state index in [4.69, 9.17) is 32.7 Å². The normalized spacial score (nSPS) is 13.9. The summed E-state index contributed by atoms with van der Waals surface area (Å²) < 4.78 is 11.9. The largest absolute Gasteiger partial charge is 0.452 e. The maximum atomic E-state index is 12.6. The summed E-state index contributed by atoms with van der Waals surface area (Å²) in [5.74, 6) is -0.166. The lowest BCUT2D eigenvalue weighted by Crippen LogP contribution is -2.08. The summed E-state index contributed by atoms with van der Waals surface area (Å²) >= 11 is 15.6. The van der Waals surface area contributed by atoms with Gasteiger partial charge in [-0.2, -0.15) is 0 Å². The highest BCUT2D eigenvalue weighted by atomic mass is 79.9. The fourth-order valence-electron chi connectivity index (χ4n) is 2.76. The Morgan fingerprint density at radius 2 is 1.69 bits per heavy atom. The fraction of sp³-hybridized carbons (Fsp3) is 0. The third kappa shape index (κ3) is 4.08. The summed E-state index contributed by atoms with van der Waals surface area (Å²) in [7, 11) is 0. The Bertz CT molecular complexity index is 1150. The monoisotopic (exact) mass is 488 g/mol. The predicted molar refractivity (Wildman–Crippen MR) is 115 cm³/mol. The van der Waals surface area contributed by atoms with E-state index in [1.54, 1.807) is 54.6 Å². The van der Waals surface area contributed by atoms with Crippen LogP contribution >= 0.6 is 39.1 Å². The second kappa shape index (κ2) is 8.03. The molecular formula is C22H11BrCl2O4. The van der Waals surface area contributed by atoms with E-state index in [0.29, 0.717) is 32.5 Å². The van der Waals surface area contributed by atoms with Gasteiger partial charge in [-0.05, 0) is 54.6 Å². The number of hydrogen-bond acceptors (Lipinski definition) is 4. The lowest BCUT2D eigenvalue weighted by molar-refractivity contribution is 0.0734. The minimum atomic E-state index is -0.514. The lowest BCUT2D eigenvalue weighted by atomic mass is 10.1. The number of ketones is 1. The first-order chi connectivity index (χ1) is 13.9. The predicted octanol–water partition coefficient (Wildman–Crippen LogP) is 6.59. The van der Waals surface area contributed by atoms with E-state index in [1.807, 2.05) is 0 Å². The van der Waals surface area contributed by atoms with Crippen molar-refractivity contribution in [2.75, 3.05) is 0 Å². The molecule has 0 aliphatic carbocycles. The van der Waals surface area contributed by atoms with Gasteiger partial charge in [0.15, 0.2) is 5.76 Å². The van der Waals surface area contributed by atoms with Gasteiger partial charge in [0.2, 0.25) is 5.78 Å². The first-order valence-electron chi connectivity index (χ1n) is 8.42. The van der Waals surface area contributed by atoms with Crippen molar-refractivity contribution in [3.63, 3.8) is 0 Å². The van der Waals surface area contributed by atoms with Gasteiger partial charge in [-0.15, -0.1) is 0 Å². The lowest BCUT2D eigenvalue weighted by Gasteiger charge is -2.06. The van der Waals surface area contributed by atoms with Crippen LogP contribution in [0, 0.1) is 0 Å². The molecule has 0 fully saturated rings. The molecule has 0 atom stereocenters. The number of benzene rings is 3. The molecule has 0 bridgehead atoms. The molecule has 29 heavy (non-hydrogen) atoms. The standard InChI is InChI=1S/C22H11BrCl2O4/c23-13-6-4-12(5-7-13)22(27)28-14-8-9-15-19(10-14)29-20(21(15)26)11-16-17(24)2-1-3-18(16)25/h1-11H. The van der Waals surface area contributed by atoms with Crippen LogP contribution < -0.4 is 9.47 Å². The summed E-state index contributed by atoms with van der Waals surface area (Å²) in [5.41, 5.74) is 1.26. The van der Waals surface area contributed by atoms with Gasteiger partial charge in [0.05, 0.1) is 11.1 Å². The molecule has 0 amide bonds. The molecule has 0 saturated heterocycles. The van der Waals surface area contributed by atoms with E-state index in [1.165, 1.54) is 12.1 Å². The second-order valence-electron chi connectivity index (χ2n) is 6.13. The summed E-state index contributed by atoms with van der Waals surface area (Å²) in [5, 5.41) is 0.808.